The van der Waals surface area contributed by atoms with Crippen molar-refractivity contribution in [3.8, 4) is 0 Å². The number of aliphatic imine (C=N–C) groups is 1. The molecule has 0 bridgehead atoms. The van der Waals surface area contributed by atoms with E-state index in [-0.39, 0.29) is 0 Å². The van der Waals surface area contributed by atoms with Crippen LogP contribution in [-0.2, 0) is 7.05 Å². The van der Waals surface area contributed by atoms with Gasteiger partial charge in [-0.05, 0) is 28.6 Å². The zero-order valence-electron chi connectivity index (χ0n) is 12.1. The molecule has 1 heterocycles. The van der Waals surface area contributed by atoms with E-state index < -0.39 is 0 Å². The van der Waals surface area contributed by atoms with Crippen LogP contribution < -0.4 is 0 Å². The third kappa shape index (κ3) is 3.29. The van der Waals surface area contributed by atoms with Crippen molar-refractivity contribution in [3.05, 3.63) is 78.0 Å². The molecule has 0 unspecified atom stereocenters. The predicted octanol–water partition coefficient (Wildman–Crippen LogP) is 4.31. The van der Waals surface area contributed by atoms with E-state index in [1.165, 1.54) is 16.5 Å². The highest BCUT2D eigenvalue weighted by Crippen LogP contribution is 2.15. The van der Waals surface area contributed by atoms with Gasteiger partial charge in [0.25, 0.3) is 0 Å². The Morgan fingerprint density at radius 1 is 1.00 bits per heavy atom. The summed E-state index contributed by atoms with van der Waals surface area (Å²) in [7, 11) is 2.06. The van der Waals surface area contributed by atoms with Crippen molar-refractivity contribution in [1.29, 1.82) is 0 Å². The molecular formula is C19H18N2. The second-order valence-corrected chi connectivity index (χ2v) is 5.05. The van der Waals surface area contributed by atoms with Crippen LogP contribution in [0.4, 0.5) is 0 Å². The van der Waals surface area contributed by atoms with E-state index in [9.17, 15) is 0 Å². The van der Waals surface area contributed by atoms with Gasteiger partial charge in [0.2, 0.25) is 0 Å². The maximum atomic E-state index is 4.46. The van der Waals surface area contributed by atoms with E-state index in [2.05, 4.69) is 71.4 Å². The Balaban J connectivity index is 1.65. The lowest BCUT2D eigenvalue weighted by Crippen LogP contribution is -1.87. The van der Waals surface area contributed by atoms with Crippen molar-refractivity contribution in [3.63, 3.8) is 0 Å². The van der Waals surface area contributed by atoms with Crippen LogP contribution in [0.15, 0.2) is 71.9 Å². The average Bonchev–Trinajstić information content (AvgIpc) is 2.89. The van der Waals surface area contributed by atoms with Gasteiger partial charge in [0.15, 0.2) is 0 Å². The van der Waals surface area contributed by atoms with Crippen molar-refractivity contribution in [2.24, 2.45) is 12.0 Å². The van der Waals surface area contributed by atoms with Crippen LogP contribution in [0.5, 0.6) is 0 Å². The van der Waals surface area contributed by atoms with Crippen LogP contribution in [-0.4, -0.2) is 17.3 Å². The maximum absolute atomic E-state index is 4.46. The number of hydrogen-bond acceptors (Lipinski definition) is 1. The summed E-state index contributed by atoms with van der Waals surface area (Å²) in [4.78, 5) is 4.46. The fourth-order valence-electron chi connectivity index (χ4n) is 2.33. The zero-order valence-corrected chi connectivity index (χ0v) is 12.1. The van der Waals surface area contributed by atoms with Gasteiger partial charge in [0.1, 0.15) is 0 Å². The molecule has 3 rings (SSSR count). The number of fused-ring (bicyclic) bond motifs is 1. The smallest absolute Gasteiger partial charge is 0.0573 e. The molecule has 0 fully saturated rings. The molecule has 0 aliphatic heterocycles. The Morgan fingerprint density at radius 2 is 1.86 bits per heavy atom. The first-order valence-corrected chi connectivity index (χ1v) is 7.09. The molecule has 0 saturated heterocycles. The first kappa shape index (κ1) is 13.4. The maximum Gasteiger partial charge on any atom is 0.0573 e. The summed E-state index contributed by atoms with van der Waals surface area (Å²) in [5.41, 5.74) is 3.58. The molecule has 104 valence electrons. The number of aryl methyl sites for hydroxylation is 1. The summed E-state index contributed by atoms with van der Waals surface area (Å²) in [6, 6.07) is 18.8. The fraction of sp³-hybridized carbons (Fsp3) is 0.105. The van der Waals surface area contributed by atoms with Gasteiger partial charge in [-0.25, -0.2) is 0 Å². The van der Waals surface area contributed by atoms with Gasteiger partial charge in [-0.1, -0.05) is 54.6 Å². The minimum absolute atomic E-state index is 0.695. The average molecular weight is 274 g/mol. The minimum atomic E-state index is 0.695. The van der Waals surface area contributed by atoms with Crippen LogP contribution in [0.3, 0.4) is 0 Å². The van der Waals surface area contributed by atoms with Crippen LogP contribution in [0, 0.1) is 0 Å². The van der Waals surface area contributed by atoms with Gasteiger partial charge in [-0.3, -0.25) is 4.99 Å². The Kier molecular flexibility index (Phi) is 3.97. The molecule has 0 spiro atoms. The highest BCUT2D eigenvalue weighted by Gasteiger charge is 1.97. The summed E-state index contributed by atoms with van der Waals surface area (Å²) in [6.45, 7) is 0.695. The summed E-state index contributed by atoms with van der Waals surface area (Å²) in [5, 5.41) is 1.26. The van der Waals surface area contributed by atoms with Crippen molar-refractivity contribution < 1.29 is 0 Å². The normalized spacial score (nSPS) is 11.9. The molecule has 0 saturated carbocycles. The largest absolute Gasteiger partial charge is 0.351 e. The Morgan fingerprint density at radius 3 is 2.71 bits per heavy atom. The SMILES string of the molecule is Cn1ccc2ccc(C=NC/C=C/c3ccccc3)cc21. The Hall–Kier alpha value is -2.61. The summed E-state index contributed by atoms with van der Waals surface area (Å²) in [5.74, 6) is 0. The molecule has 2 aromatic carbocycles. The summed E-state index contributed by atoms with van der Waals surface area (Å²) < 4.78 is 2.13. The van der Waals surface area contributed by atoms with Crippen molar-refractivity contribution in [2.45, 2.75) is 0 Å². The van der Waals surface area contributed by atoms with E-state index in [0.717, 1.165) is 5.56 Å². The molecule has 2 heteroatoms. The van der Waals surface area contributed by atoms with Crippen molar-refractivity contribution in [2.75, 3.05) is 6.54 Å². The van der Waals surface area contributed by atoms with E-state index in [1.807, 2.05) is 24.4 Å². The number of benzene rings is 2. The van der Waals surface area contributed by atoms with Crippen LogP contribution >= 0.6 is 0 Å². The van der Waals surface area contributed by atoms with Gasteiger partial charge in [-0.15, -0.1) is 0 Å². The lowest BCUT2D eigenvalue weighted by molar-refractivity contribution is 0.969. The zero-order chi connectivity index (χ0) is 14.5. The molecule has 0 aliphatic rings. The molecule has 0 radical (unpaired) electrons. The molecule has 3 aromatic rings. The Labute approximate surface area is 125 Å². The third-order valence-corrected chi connectivity index (χ3v) is 3.47. The molecule has 21 heavy (non-hydrogen) atoms. The lowest BCUT2D eigenvalue weighted by atomic mass is 10.2. The van der Waals surface area contributed by atoms with Gasteiger partial charge in [0, 0.05) is 25.0 Å². The first-order valence-electron chi connectivity index (χ1n) is 7.09. The van der Waals surface area contributed by atoms with Crippen molar-refractivity contribution in [1.82, 2.24) is 4.57 Å². The minimum Gasteiger partial charge on any atom is -0.351 e. The van der Waals surface area contributed by atoms with E-state index in [1.54, 1.807) is 0 Å². The number of aromatic nitrogens is 1. The third-order valence-electron chi connectivity index (χ3n) is 3.47. The van der Waals surface area contributed by atoms with E-state index in [0.29, 0.717) is 6.54 Å². The van der Waals surface area contributed by atoms with E-state index in [4.69, 9.17) is 0 Å². The summed E-state index contributed by atoms with van der Waals surface area (Å²) in [6.07, 6.45) is 8.18. The number of hydrogen-bond donors (Lipinski definition) is 0. The molecule has 1 aromatic heterocycles. The van der Waals surface area contributed by atoms with Gasteiger partial charge in [0.05, 0.1) is 6.54 Å². The van der Waals surface area contributed by atoms with E-state index >= 15 is 0 Å². The van der Waals surface area contributed by atoms with Crippen LogP contribution in [0.2, 0.25) is 0 Å². The Bertz CT molecular complexity index is 780. The van der Waals surface area contributed by atoms with Gasteiger partial charge >= 0.3 is 0 Å². The standard InChI is InChI=1S/C19H18N2/c1-21-13-11-18-10-9-17(14-19(18)21)15-20-12-5-8-16-6-3-2-4-7-16/h2-11,13-15H,12H2,1H3/b8-5+,20-15?. The predicted molar refractivity (Wildman–Crippen MR) is 90.9 cm³/mol. The summed E-state index contributed by atoms with van der Waals surface area (Å²) >= 11 is 0. The van der Waals surface area contributed by atoms with Gasteiger partial charge < -0.3 is 4.57 Å². The second kappa shape index (κ2) is 6.23. The fourth-order valence-corrected chi connectivity index (χ4v) is 2.33. The molecule has 0 aliphatic carbocycles. The second-order valence-electron chi connectivity index (χ2n) is 5.05. The number of nitrogens with zero attached hydrogens (tertiary/aromatic N) is 2. The highest BCUT2D eigenvalue weighted by molar-refractivity contribution is 5.89. The first-order chi connectivity index (χ1) is 10.3. The van der Waals surface area contributed by atoms with Crippen molar-refractivity contribution >= 4 is 23.2 Å². The van der Waals surface area contributed by atoms with Crippen LogP contribution in [0.25, 0.3) is 17.0 Å². The molecular weight excluding hydrogens is 256 g/mol. The molecule has 0 N–H and O–H groups in total. The topological polar surface area (TPSA) is 17.3 Å². The highest BCUT2D eigenvalue weighted by atomic mass is 14.9. The molecule has 0 amide bonds. The quantitative estimate of drug-likeness (QED) is 0.631. The number of rotatable bonds is 4. The molecule has 0 atom stereocenters. The lowest BCUT2D eigenvalue weighted by Gasteiger charge is -1.98. The molecule has 2 nitrogen and oxygen atoms in total. The van der Waals surface area contributed by atoms with Gasteiger partial charge in [-0.2, -0.15) is 0 Å². The monoisotopic (exact) mass is 274 g/mol. The van der Waals surface area contributed by atoms with Crippen LogP contribution in [0.1, 0.15) is 11.1 Å².